The van der Waals surface area contributed by atoms with Crippen molar-refractivity contribution in [1.29, 1.82) is 5.26 Å². The molecule has 3 atom stereocenters. The molecular weight excluding hydrogens is 554 g/mol. The van der Waals surface area contributed by atoms with Gasteiger partial charge in [0.1, 0.15) is 29.9 Å². The lowest BCUT2D eigenvalue weighted by Crippen LogP contribution is -2.45. The molecule has 1 aliphatic heterocycles. The number of hydrogen-bond acceptors (Lipinski definition) is 8. The summed E-state index contributed by atoms with van der Waals surface area (Å²) in [4.78, 5) is 24.1. The van der Waals surface area contributed by atoms with Gasteiger partial charge in [0.05, 0.1) is 34.1 Å². The number of aliphatic hydroxyl groups is 1. The van der Waals surface area contributed by atoms with Crippen molar-refractivity contribution >= 4 is 28.8 Å². The molecule has 0 aromatic carbocycles. The Labute approximate surface area is 248 Å². The van der Waals surface area contributed by atoms with E-state index in [1.807, 2.05) is 24.4 Å². The molecule has 1 unspecified atom stereocenters. The summed E-state index contributed by atoms with van der Waals surface area (Å²) in [5.74, 6) is 2.05. The highest BCUT2D eigenvalue weighted by Crippen LogP contribution is 2.45. The van der Waals surface area contributed by atoms with E-state index in [9.17, 15) is 15.2 Å². The second-order valence-corrected chi connectivity index (χ2v) is 12.6. The Balaban J connectivity index is 1.17. The molecule has 10 nitrogen and oxygen atoms in total. The Morgan fingerprint density at radius 3 is 2.64 bits per heavy atom. The molecule has 2 fully saturated rings. The van der Waals surface area contributed by atoms with Crippen molar-refractivity contribution in [1.82, 2.24) is 24.9 Å². The number of carbonyl (C=O) groups excluding carboxylic acids is 1. The summed E-state index contributed by atoms with van der Waals surface area (Å²) in [5.41, 5.74) is 1.68. The maximum atomic E-state index is 12.9. The zero-order valence-corrected chi connectivity index (χ0v) is 24.5. The molecule has 5 heterocycles. The molecule has 1 saturated heterocycles. The van der Waals surface area contributed by atoms with E-state index >= 15 is 0 Å². The number of amides is 1. The van der Waals surface area contributed by atoms with Crippen molar-refractivity contribution in [2.45, 2.75) is 44.8 Å². The summed E-state index contributed by atoms with van der Waals surface area (Å²) < 4.78 is 7.47. The fraction of sp³-hybridized carbons (Fsp3) is 0.387. The predicted molar refractivity (Wildman–Crippen MR) is 158 cm³/mol. The third kappa shape index (κ3) is 5.50. The third-order valence-corrected chi connectivity index (χ3v) is 8.38. The van der Waals surface area contributed by atoms with E-state index in [2.05, 4.69) is 33.3 Å². The summed E-state index contributed by atoms with van der Waals surface area (Å²) in [6.45, 7) is 7.29. The summed E-state index contributed by atoms with van der Waals surface area (Å²) in [5, 5.41) is 27.7. The number of fused-ring (bicyclic) bond motifs is 2. The van der Waals surface area contributed by atoms with E-state index < -0.39 is 5.60 Å². The number of rotatable bonds is 7. The molecule has 0 bridgehead atoms. The van der Waals surface area contributed by atoms with E-state index in [-0.39, 0.29) is 23.7 Å². The molecule has 4 aromatic rings. The van der Waals surface area contributed by atoms with Gasteiger partial charge in [-0.1, -0.05) is 11.6 Å². The molecule has 1 saturated carbocycles. The molecule has 42 heavy (non-hydrogen) atoms. The van der Waals surface area contributed by atoms with Gasteiger partial charge in [-0.2, -0.15) is 10.4 Å². The third-order valence-electron chi connectivity index (χ3n) is 8.07. The first-order chi connectivity index (χ1) is 20.0. The number of pyridine rings is 3. The maximum absolute atomic E-state index is 12.9. The van der Waals surface area contributed by atoms with Crippen LogP contribution in [0.1, 0.15) is 49.7 Å². The lowest BCUT2D eigenvalue weighted by Gasteiger charge is -2.28. The van der Waals surface area contributed by atoms with Gasteiger partial charge in [0, 0.05) is 42.1 Å². The van der Waals surface area contributed by atoms with E-state index in [4.69, 9.17) is 21.3 Å². The number of nitrogens with zero attached hydrogens (tertiary/aromatic N) is 6. The van der Waals surface area contributed by atoms with Crippen molar-refractivity contribution < 1.29 is 14.6 Å². The molecule has 6 rings (SSSR count). The SMILES string of the molecule is CC(C)(O)COc1cc(-c2ccc(N3C[C@@H]4CC(C)(NC(=O)c5ncccc5Cl)C[C@@H]4C3)nc2)c2c(C#N)cnn2c1. The first-order valence-electron chi connectivity index (χ1n) is 13.9. The first-order valence-corrected chi connectivity index (χ1v) is 14.3. The van der Waals surface area contributed by atoms with E-state index in [0.29, 0.717) is 33.7 Å². The lowest BCUT2D eigenvalue weighted by molar-refractivity contribution is 0.0283. The number of ether oxygens (including phenoxy) is 1. The van der Waals surface area contributed by atoms with Crippen LogP contribution in [0.2, 0.25) is 5.02 Å². The number of hydrogen-bond donors (Lipinski definition) is 2. The summed E-state index contributed by atoms with van der Waals surface area (Å²) in [7, 11) is 0. The Morgan fingerprint density at radius 2 is 2.00 bits per heavy atom. The topological polar surface area (TPSA) is 129 Å². The Kier molecular flexibility index (Phi) is 7.03. The molecule has 0 radical (unpaired) electrons. The van der Waals surface area contributed by atoms with Crippen LogP contribution in [0.15, 0.2) is 55.1 Å². The van der Waals surface area contributed by atoms with Gasteiger partial charge < -0.3 is 20.1 Å². The highest BCUT2D eigenvalue weighted by Gasteiger charge is 2.47. The average Bonchev–Trinajstić information content (AvgIpc) is 3.62. The summed E-state index contributed by atoms with van der Waals surface area (Å²) in [6, 6.07) is 11.5. The quantitative estimate of drug-likeness (QED) is 0.324. The largest absolute Gasteiger partial charge is 0.489 e. The fourth-order valence-corrected chi connectivity index (χ4v) is 6.49. The van der Waals surface area contributed by atoms with E-state index in [1.54, 1.807) is 42.9 Å². The van der Waals surface area contributed by atoms with Gasteiger partial charge in [0.2, 0.25) is 0 Å². The molecule has 0 spiro atoms. The number of aromatic nitrogens is 4. The monoisotopic (exact) mass is 585 g/mol. The molecule has 2 N–H and O–H groups in total. The molecule has 11 heteroatoms. The number of carbonyl (C=O) groups is 1. The molecule has 1 aliphatic carbocycles. The zero-order chi connectivity index (χ0) is 29.6. The highest BCUT2D eigenvalue weighted by atomic mass is 35.5. The number of halogens is 1. The van der Waals surface area contributed by atoms with Crippen LogP contribution in [0.4, 0.5) is 5.82 Å². The molecule has 216 valence electrons. The average molecular weight is 586 g/mol. The van der Waals surface area contributed by atoms with Crippen LogP contribution in [0.5, 0.6) is 5.75 Å². The predicted octanol–water partition coefficient (Wildman–Crippen LogP) is 4.50. The van der Waals surface area contributed by atoms with Crippen LogP contribution in [0.3, 0.4) is 0 Å². The Hall–Kier alpha value is -4.20. The van der Waals surface area contributed by atoms with Crippen LogP contribution >= 0.6 is 11.6 Å². The van der Waals surface area contributed by atoms with Crippen LogP contribution in [-0.2, 0) is 0 Å². The molecule has 1 amide bonds. The first kappa shape index (κ1) is 27.9. The molecule has 4 aromatic heterocycles. The standard InChI is InChI=1S/C31H32ClN7O3/c1-30(2,41)18-42-23-9-24(28-22(12-33)14-36-39(28)17-23)19-6-7-26(35-13-19)38-15-20-10-31(3,11-21(20)16-38)37-29(40)27-25(32)5-4-8-34-27/h4-9,13-14,17,20-21,41H,10-11,15-16,18H2,1-3H3,(H,37,40)/t20-,21+,31?. The number of anilines is 1. The van der Waals surface area contributed by atoms with Crippen molar-refractivity contribution in [2.75, 3.05) is 24.6 Å². The van der Waals surface area contributed by atoms with Crippen molar-refractivity contribution in [3.05, 3.63) is 71.4 Å². The van der Waals surface area contributed by atoms with Gasteiger partial charge >= 0.3 is 0 Å². The van der Waals surface area contributed by atoms with Crippen molar-refractivity contribution in [2.24, 2.45) is 11.8 Å². The van der Waals surface area contributed by atoms with Gasteiger partial charge in [0.15, 0.2) is 0 Å². The molecular formula is C31H32ClN7O3. The minimum Gasteiger partial charge on any atom is -0.489 e. The number of nitrogens with one attached hydrogen (secondary N) is 1. The van der Waals surface area contributed by atoms with Crippen LogP contribution < -0.4 is 15.0 Å². The lowest BCUT2D eigenvalue weighted by atomic mass is 9.97. The van der Waals surface area contributed by atoms with Gasteiger partial charge in [-0.3, -0.25) is 4.79 Å². The van der Waals surface area contributed by atoms with Crippen molar-refractivity contribution in [3.63, 3.8) is 0 Å². The van der Waals surface area contributed by atoms with Crippen molar-refractivity contribution in [3.8, 4) is 22.9 Å². The minimum absolute atomic E-state index is 0.110. The number of nitriles is 1. The maximum Gasteiger partial charge on any atom is 0.271 e. The second-order valence-electron chi connectivity index (χ2n) is 12.2. The van der Waals surface area contributed by atoms with Gasteiger partial charge in [-0.25, -0.2) is 14.5 Å². The van der Waals surface area contributed by atoms with E-state index in [0.717, 1.165) is 42.9 Å². The van der Waals surface area contributed by atoms with Crippen LogP contribution in [-0.4, -0.2) is 61.4 Å². The Bertz CT molecular complexity index is 1680. The summed E-state index contributed by atoms with van der Waals surface area (Å²) >= 11 is 6.19. The smallest absolute Gasteiger partial charge is 0.271 e. The normalized spacial score (nSPS) is 21.8. The van der Waals surface area contributed by atoms with Gasteiger partial charge in [0.25, 0.3) is 5.91 Å². The zero-order valence-electron chi connectivity index (χ0n) is 23.7. The highest BCUT2D eigenvalue weighted by molar-refractivity contribution is 6.33. The van der Waals surface area contributed by atoms with Crippen LogP contribution in [0, 0.1) is 23.2 Å². The van der Waals surface area contributed by atoms with E-state index in [1.165, 1.54) is 6.20 Å². The van der Waals surface area contributed by atoms with Gasteiger partial charge in [-0.15, -0.1) is 0 Å². The fourth-order valence-electron chi connectivity index (χ4n) is 6.29. The minimum atomic E-state index is -0.996. The summed E-state index contributed by atoms with van der Waals surface area (Å²) in [6.07, 6.45) is 8.37. The van der Waals surface area contributed by atoms with Gasteiger partial charge in [-0.05, 0) is 75.8 Å². The second kappa shape index (κ2) is 10.6. The van der Waals surface area contributed by atoms with Crippen LogP contribution in [0.25, 0.3) is 16.6 Å². The molecule has 2 aliphatic rings. The Morgan fingerprint density at radius 1 is 1.24 bits per heavy atom.